The van der Waals surface area contributed by atoms with Gasteiger partial charge in [0.15, 0.2) is 11.8 Å². The van der Waals surface area contributed by atoms with Gasteiger partial charge in [-0.3, -0.25) is 0 Å². The number of H-pyrrole nitrogens is 1. The summed E-state index contributed by atoms with van der Waals surface area (Å²) < 4.78 is 17.3. The molecule has 4 atom stereocenters. The Hall–Kier alpha value is -1.95. The molecule has 4 heterocycles. The van der Waals surface area contributed by atoms with Crippen LogP contribution in [0.2, 0.25) is 5.02 Å². The van der Waals surface area contributed by atoms with Gasteiger partial charge in [0.2, 0.25) is 0 Å². The summed E-state index contributed by atoms with van der Waals surface area (Å²) in [5.41, 5.74) is 3.44. The van der Waals surface area contributed by atoms with E-state index < -0.39 is 30.5 Å². The molecule has 36 heavy (non-hydrogen) atoms. The maximum Gasteiger partial charge on any atom is 1.00 e. The molecule has 0 unspecified atom stereocenters. The fourth-order valence-electron chi connectivity index (χ4n) is 4.55. The van der Waals surface area contributed by atoms with Crippen LogP contribution in [-0.4, -0.2) is 77.3 Å². The SMILES string of the molecule is OC[C@@]1(O)CO[C@@H]2[C@H](Oc3nc4nc(-c5ccc(-c6ccccc6)cc5)c(Cl)cc4[nH]3)CO[C@@H]21.[B-].[Na+]. The number of aromatic amines is 1. The molecule has 2 saturated heterocycles. The molecular formula is C25H22BClN3NaO5. The van der Waals surface area contributed by atoms with Gasteiger partial charge in [0.05, 0.1) is 36.1 Å². The Morgan fingerprint density at radius 1 is 1.03 bits per heavy atom. The van der Waals surface area contributed by atoms with Crippen molar-refractivity contribution in [3.8, 4) is 28.4 Å². The molecule has 0 aliphatic carbocycles. The Balaban J connectivity index is 0.00000152. The number of nitrogens with one attached hydrogen (secondary N) is 1. The van der Waals surface area contributed by atoms with Gasteiger partial charge in [0, 0.05) is 5.56 Å². The largest absolute Gasteiger partial charge is 1.00 e. The molecule has 0 spiro atoms. The zero-order valence-electron chi connectivity index (χ0n) is 19.6. The number of aliphatic hydroxyl groups excluding tert-OH is 1. The number of fused-ring (bicyclic) bond motifs is 2. The number of benzene rings is 2. The number of rotatable bonds is 5. The van der Waals surface area contributed by atoms with Crippen molar-refractivity contribution in [2.75, 3.05) is 19.8 Å². The monoisotopic (exact) mass is 513 g/mol. The molecule has 0 amide bonds. The van der Waals surface area contributed by atoms with Crippen molar-refractivity contribution in [2.24, 2.45) is 0 Å². The summed E-state index contributed by atoms with van der Waals surface area (Å²) in [5, 5.41) is 20.4. The number of aromatic nitrogens is 3. The Kier molecular flexibility index (Phi) is 8.14. The summed E-state index contributed by atoms with van der Waals surface area (Å²) in [5.74, 6) is 0. The molecule has 2 aliphatic heterocycles. The van der Waals surface area contributed by atoms with Gasteiger partial charge in [0.1, 0.15) is 17.8 Å². The van der Waals surface area contributed by atoms with E-state index in [1.807, 2.05) is 42.5 Å². The van der Waals surface area contributed by atoms with E-state index in [-0.39, 0.29) is 57.2 Å². The van der Waals surface area contributed by atoms with Crippen LogP contribution in [0.3, 0.4) is 0 Å². The molecule has 4 radical (unpaired) electrons. The molecular weight excluding hydrogens is 492 g/mol. The second kappa shape index (κ2) is 10.8. The molecule has 2 aliphatic rings. The minimum absolute atomic E-state index is 0. The summed E-state index contributed by atoms with van der Waals surface area (Å²) in [6.45, 7) is -0.243. The van der Waals surface area contributed by atoms with Crippen LogP contribution in [0.25, 0.3) is 33.5 Å². The second-order valence-electron chi connectivity index (χ2n) is 8.62. The minimum atomic E-state index is -1.42. The van der Waals surface area contributed by atoms with Gasteiger partial charge >= 0.3 is 29.6 Å². The van der Waals surface area contributed by atoms with Crippen molar-refractivity contribution in [1.82, 2.24) is 15.0 Å². The fraction of sp³-hybridized carbons (Fsp3) is 0.280. The standard InChI is InChI=1S/C25H22ClN3O5.B.Na/c26-17-10-18-23(28-20(17)16-8-6-15(7-9-16)14-4-2-1-3-5-14)29-24(27-18)34-19-11-32-22-21(19)33-13-25(22,31)12-30;;/h1-10,19,21-22,30-31H,11-13H2,(H,27,28,29);;/q;-1;+1/t19-,21-,22+,25-;;/m1../s1. The van der Waals surface area contributed by atoms with Crippen LogP contribution in [-0.2, 0) is 9.47 Å². The first-order chi connectivity index (χ1) is 16.5. The van der Waals surface area contributed by atoms with E-state index >= 15 is 0 Å². The van der Waals surface area contributed by atoms with E-state index in [1.54, 1.807) is 6.07 Å². The van der Waals surface area contributed by atoms with Crippen molar-refractivity contribution in [3.63, 3.8) is 0 Å². The predicted molar refractivity (Wildman–Crippen MR) is 131 cm³/mol. The average molecular weight is 514 g/mol. The van der Waals surface area contributed by atoms with Gasteiger partial charge in [-0.1, -0.05) is 66.2 Å². The Labute approximate surface area is 236 Å². The summed E-state index contributed by atoms with van der Waals surface area (Å²) in [7, 11) is 0. The summed E-state index contributed by atoms with van der Waals surface area (Å²) in [6.07, 6.45) is -1.63. The van der Waals surface area contributed by atoms with E-state index in [2.05, 4.69) is 27.1 Å². The summed E-state index contributed by atoms with van der Waals surface area (Å²) in [4.78, 5) is 12.2. The number of halogens is 1. The minimum Gasteiger partial charge on any atom is -1.00 e. The van der Waals surface area contributed by atoms with Crippen molar-refractivity contribution >= 4 is 31.2 Å². The van der Waals surface area contributed by atoms with Crippen molar-refractivity contribution in [1.29, 1.82) is 0 Å². The first-order valence-corrected chi connectivity index (χ1v) is 11.4. The van der Waals surface area contributed by atoms with Crippen LogP contribution < -0.4 is 34.3 Å². The first-order valence-electron chi connectivity index (χ1n) is 11.0. The summed E-state index contributed by atoms with van der Waals surface area (Å²) in [6, 6.07) is 20.2. The van der Waals surface area contributed by atoms with E-state index in [9.17, 15) is 10.2 Å². The predicted octanol–water partition coefficient (Wildman–Crippen LogP) is -0.163. The molecule has 11 heteroatoms. The maximum atomic E-state index is 10.4. The average Bonchev–Trinajstić information content (AvgIpc) is 3.55. The van der Waals surface area contributed by atoms with Gasteiger partial charge < -0.3 is 37.8 Å². The number of imidazole rings is 1. The molecule has 2 aromatic heterocycles. The molecule has 0 saturated carbocycles. The van der Waals surface area contributed by atoms with Crippen molar-refractivity contribution in [2.45, 2.75) is 23.9 Å². The number of pyridine rings is 1. The van der Waals surface area contributed by atoms with Crippen LogP contribution in [0.4, 0.5) is 0 Å². The van der Waals surface area contributed by atoms with Crippen LogP contribution in [0.5, 0.6) is 6.01 Å². The van der Waals surface area contributed by atoms with Crippen molar-refractivity contribution < 1.29 is 54.0 Å². The van der Waals surface area contributed by atoms with E-state index in [4.69, 9.17) is 25.8 Å². The van der Waals surface area contributed by atoms with Gasteiger partial charge in [0.25, 0.3) is 6.01 Å². The molecule has 8 nitrogen and oxygen atoms in total. The van der Waals surface area contributed by atoms with Crippen LogP contribution >= 0.6 is 11.6 Å². The molecule has 4 aromatic rings. The normalized spacial score (nSPS) is 24.7. The Bertz CT molecular complexity index is 1340. The van der Waals surface area contributed by atoms with Gasteiger partial charge in [-0.25, -0.2) is 4.98 Å². The Morgan fingerprint density at radius 3 is 2.44 bits per heavy atom. The molecule has 2 aromatic carbocycles. The number of aliphatic hydroxyl groups is 2. The molecule has 2 fully saturated rings. The maximum absolute atomic E-state index is 10.4. The van der Waals surface area contributed by atoms with Gasteiger partial charge in [-0.05, 0) is 17.2 Å². The molecule has 0 bridgehead atoms. The quantitative estimate of drug-likeness (QED) is 0.318. The van der Waals surface area contributed by atoms with Gasteiger partial charge in [-0.2, -0.15) is 4.98 Å². The first kappa shape index (κ1) is 27.1. The summed E-state index contributed by atoms with van der Waals surface area (Å²) >= 11 is 6.55. The third-order valence-electron chi connectivity index (χ3n) is 6.37. The number of hydrogen-bond acceptors (Lipinski definition) is 7. The Morgan fingerprint density at radius 2 is 1.72 bits per heavy atom. The zero-order chi connectivity index (χ0) is 23.3. The molecule has 3 N–H and O–H groups in total. The smallest absolute Gasteiger partial charge is 1.00 e. The number of ether oxygens (including phenoxy) is 3. The third kappa shape index (κ3) is 4.82. The van der Waals surface area contributed by atoms with E-state index in [0.717, 1.165) is 16.7 Å². The number of hydrogen-bond donors (Lipinski definition) is 3. The van der Waals surface area contributed by atoms with Crippen LogP contribution in [0.15, 0.2) is 60.7 Å². The topological polar surface area (TPSA) is 110 Å². The molecule has 6 rings (SSSR count). The van der Waals surface area contributed by atoms with Gasteiger partial charge in [-0.15, -0.1) is 0 Å². The third-order valence-corrected chi connectivity index (χ3v) is 6.66. The number of nitrogens with zero attached hydrogens (tertiary/aromatic N) is 2. The molecule has 178 valence electrons. The van der Waals surface area contributed by atoms with Crippen LogP contribution in [0.1, 0.15) is 0 Å². The fourth-order valence-corrected chi connectivity index (χ4v) is 4.81. The van der Waals surface area contributed by atoms with E-state index in [0.29, 0.717) is 21.9 Å². The van der Waals surface area contributed by atoms with Crippen molar-refractivity contribution in [3.05, 3.63) is 65.7 Å². The van der Waals surface area contributed by atoms with Crippen LogP contribution in [0, 0.1) is 0 Å². The second-order valence-corrected chi connectivity index (χ2v) is 9.03. The zero-order valence-corrected chi connectivity index (χ0v) is 22.4. The van der Waals surface area contributed by atoms with E-state index in [1.165, 1.54) is 0 Å².